The van der Waals surface area contributed by atoms with Crippen LogP contribution in [0, 0.1) is 11.8 Å². The summed E-state index contributed by atoms with van der Waals surface area (Å²) in [5, 5.41) is 12.3. The lowest BCUT2D eigenvalue weighted by Crippen LogP contribution is -2.55. The van der Waals surface area contributed by atoms with Gasteiger partial charge in [-0.25, -0.2) is 9.59 Å². The maximum Gasteiger partial charge on any atom is 0.420 e. The molecule has 3 amide bonds. The second-order valence-electron chi connectivity index (χ2n) is 13.5. The minimum atomic E-state index is -4.86. The van der Waals surface area contributed by atoms with E-state index in [2.05, 4.69) is 22.2 Å². The van der Waals surface area contributed by atoms with E-state index in [1.165, 1.54) is 6.07 Å². The lowest BCUT2D eigenvalue weighted by Gasteiger charge is -2.40. The Morgan fingerprint density at radius 2 is 1.56 bits per heavy atom. The van der Waals surface area contributed by atoms with Gasteiger partial charge in [-0.1, -0.05) is 23.7 Å². The Balaban J connectivity index is 1.16. The zero-order valence-corrected chi connectivity index (χ0v) is 27.7. The summed E-state index contributed by atoms with van der Waals surface area (Å²) >= 11 is 6.00. The van der Waals surface area contributed by atoms with E-state index in [-0.39, 0.29) is 29.6 Å². The Hall–Kier alpha value is -3.71. The van der Waals surface area contributed by atoms with Gasteiger partial charge in [-0.05, 0) is 100 Å². The van der Waals surface area contributed by atoms with Crippen molar-refractivity contribution >= 4 is 34.6 Å². The zero-order valence-electron chi connectivity index (χ0n) is 26.9. The number of halogens is 4. The first-order valence-corrected chi connectivity index (χ1v) is 17.1. The fraction of sp³-hybridized carbons (Fsp3) is 0.559. The lowest BCUT2D eigenvalue weighted by atomic mass is 9.79. The number of rotatable bonds is 6. The molecule has 3 aliphatic rings. The summed E-state index contributed by atoms with van der Waals surface area (Å²) in [5.74, 6) is -0.319. The molecular weight excluding hydrogens is 649 g/mol. The highest BCUT2D eigenvalue weighted by Crippen LogP contribution is 2.41. The van der Waals surface area contributed by atoms with Crippen LogP contribution in [0.2, 0.25) is 5.02 Å². The molecule has 10 nitrogen and oxygen atoms in total. The van der Waals surface area contributed by atoms with Gasteiger partial charge in [0.05, 0.1) is 21.6 Å². The SMILES string of the molecule is CN1CCC(C2CCN(C(=O)[C@@H](Cc3cc(Cl)c(O)c(C(F)(F)F)c3)NC(=O)N3CCC(n4c(=O)[nH]c5ccccc54)CC3)CC2)CC1. The number of carbonyl (C=O) groups is 2. The predicted molar refractivity (Wildman–Crippen MR) is 176 cm³/mol. The van der Waals surface area contributed by atoms with Gasteiger partial charge in [0.1, 0.15) is 11.8 Å². The number of imidazole rings is 1. The van der Waals surface area contributed by atoms with E-state index in [0.29, 0.717) is 50.9 Å². The smallest absolute Gasteiger partial charge is 0.420 e. The van der Waals surface area contributed by atoms with Gasteiger partial charge < -0.3 is 30.1 Å². The van der Waals surface area contributed by atoms with Crippen molar-refractivity contribution in [2.45, 2.75) is 63.2 Å². The Bertz CT molecular complexity index is 1690. The Kier molecular flexibility index (Phi) is 9.98. The van der Waals surface area contributed by atoms with Gasteiger partial charge in [-0.3, -0.25) is 9.36 Å². The average molecular weight is 691 g/mol. The van der Waals surface area contributed by atoms with E-state index >= 15 is 0 Å². The first-order valence-electron chi connectivity index (χ1n) is 16.7. The molecule has 3 aromatic rings. The third-order valence-electron chi connectivity index (χ3n) is 10.5. The molecule has 14 heteroatoms. The fourth-order valence-corrected chi connectivity index (χ4v) is 7.98. The molecule has 4 heterocycles. The zero-order chi connectivity index (χ0) is 34.2. The van der Waals surface area contributed by atoms with Crippen LogP contribution in [-0.2, 0) is 17.4 Å². The van der Waals surface area contributed by atoms with Gasteiger partial charge in [0.2, 0.25) is 5.91 Å². The van der Waals surface area contributed by atoms with Crippen LogP contribution in [0.25, 0.3) is 11.0 Å². The number of hydrogen-bond donors (Lipinski definition) is 3. The average Bonchev–Trinajstić information content (AvgIpc) is 3.41. The van der Waals surface area contributed by atoms with Crippen molar-refractivity contribution in [2.24, 2.45) is 11.8 Å². The largest absolute Gasteiger partial charge is 0.506 e. The number of hydrogen-bond acceptors (Lipinski definition) is 5. The number of urea groups is 1. The second kappa shape index (κ2) is 14.0. The van der Waals surface area contributed by atoms with Crippen molar-refractivity contribution < 1.29 is 27.9 Å². The molecule has 1 aromatic heterocycles. The van der Waals surface area contributed by atoms with E-state index < -0.39 is 34.6 Å². The molecule has 48 heavy (non-hydrogen) atoms. The maximum atomic E-state index is 14.0. The van der Waals surface area contributed by atoms with Gasteiger partial charge in [-0.15, -0.1) is 0 Å². The third-order valence-corrected chi connectivity index (χ3v) is 10.8. The number of likely N-dealkylation sites (tertiary alicyclic amines) is 3. The number of aromatic amines is 1. The number of H-pyrrole nitrogens is 1. The highest BCUT2D eigenvalue weighted by molar-refractivity contribution is 6.32. The normalized spacial score (nSPS) is 19.9. The number of aromatic nitrogens is 2. The van der Waals surface area contributed by atoms with E-state index in [1.54, 1.807) is 14.4 Å². The summed E-state index contributed by atoms with van der Waals surface area (Å²) < 4.78 is 42.8. The number of aromatic hydroxyl groups is 1. The Morgan fingerprint density at radius 3 is 2.21 bits per heavy atom. The maximum absolute atomic E-state index is 14.0. The van der Waals surface area contributed by atoms with Gasteiger partial charge in [0.25, 0.3) is 0 Å². The van der Waals surface area contributed by atoms with Crippen molar-refractivity contribution in [1.82, 2.24) is 29.6 Å². The number of carbonyl (C=O) groups excluding carboxylic acids is 2. The van der Waals surface area contributed by atoms with Crippen LogP contribution in [0.5, 0.6) is 5.75 Å². The molecular formula is C34H42ClF3N6O4. The number of phenolic OH excluding ortho intramolecular Hbond substituents is 1. The van der Waals surface area contributed by atoms with Crippen LogP contribution < -0.4 is 11.0 Å². The molecule has 260 valence electrons. The van der Waals surface area contributed by atoms with E-state index in [1.807, 2.05) is 24.3 Å². The number of amides is 3. The van der Waals surface area contributed by atoms with Crippen molar-refractivity contribution in [3.63, 3.8) is 0 Å². The first-order chi connectivity index (χ1) is 22.9. The van der Waals surface area contributed by atoms with Crippen molar-refractivity contribution in [3.8, 4) is 5.75 Å². The van der Waals surface area contributed by atoms with E-state index in [4.69, 9.17) is 11.6 Å². The number of phenols is 1. The minimum absolute atomic E-state index is 0.0717. The van der Waals surface area contributed by atoms with Crippen molar-refractivity contribution in [2.75, 3.05) is 46.3 Å². The van der Waals surface area contributed by atoms with E-state index in [9.17, 15) is 32.7 Å². The standard InChI is InChI=1S/C34H42ClF3N6O4/c1-41-12-6-22(7-13-41)23-8-14-42(15-9-23)31(46)28(20-21-18-25(34(36,37)38)30(45)26(35)19-21)40-32(47)43-16-10-24(11-17-43)44-29-5-3-2-4-27(29)39-33(44)48/h2-5,18-19,22-24,28,45H,6-17,20H2,1H3,(H,39,48)(H,40,47)/t28-/m1/s1. The molecule has 3 fully saturated rings. The summed E-state index contributed by atoms with van der Waals surface area (Å²) in [5.41, 5.74) is 0.0949. The summed E-state index contributed by atoms with van der Waals surface area (Å²) in [4.78, 5) is 48.8. The minimum Gasteiger partial charge on any atom is -0.506 e. The first kappa shape index (κ1) is 34.2. The van der Waals surface area contributed by atoms with Gasteiger partial charge in [0.15, 0.2) is 0 Å². The molecule has 1 atom stereocenters. The molecule has 0 aliphatic carbocycles. The predicted octanol–water partition coefficient (Wildman–Crippen LogP) is 5.25. The van der Waals surface area contributed by atoms with Crippen LogP contribution in [-0.4, -0.2) is 93.7 Å². The number of fused-ring (bicyclic) bond motifs is 1. The summed E-state index contributed by atoms with van der Waals surface area (Å²) in [6.45, 7) is 3.79. The third kappa shape index (κ3) is 7.31. The number of alkyl halides is 3. The number of nitrogens with zero attached hydrogens (tertiary/aromatic N) is 4. The van der Waals surface area contributed by atoms with Gasteiger partial charge in [-0.2, -0.15) is 13.2 Å². The molecule has 0 unspecified atom stereocenters. The summed E-state index contributed by atoms with van der Waals surface area (Å²) in [6, 6.07) is 7.64. The molecule has 3 N–H and O–H groups in total. The molecule has 3 aliphatic heterocycles. The Labute approximate surface area is 281 Å². The fourth-order valence-electron chi connectivity index (χ4n) is 7.74. The number of benzene rings is 2. The topological polar surface area (TPSA) is 114 Å². The highest BCUT2D eigenvalue weighted by Gasteiger charge is 2.38. The highest BCUT2D eigenvalue weighted by atomic mass is 35.5. The van der Waals surface area contributed by atoms with Crippen LogP contribution in [0.1, 0.15) is 55.7 Å². The van der Waals surface area contributed by atoms with Gasteiger partial charge in [0, 0.05) is 38.6 Å². The molecule has 0 bridgehead atoms. The van der Waals surface area contributed by atoms with Crippen LogP contribution >= 0.6 is 11.6 Å². The molecule has 6 rings (SSSR count). The quantitative estimate of drug-likeness (QED) is 0.327. The van der Waals surface area contributed by atoms with Crippen molar-refractivity contribution in [3.05, 3.63) is 63.0 Å². The van der Waals surface area contributed by atoms with Crippen LogP contribution in [0.4, 0.5) is 18.0 Å². The lowest BCUT2D eigenvalue weighted by molar-refractivity contribution is -0.138. The number of nitrogens with one attached hydrogen (secondary N) is 2. The molecule has 2 aromatic carbocycles. The number of para-hydroxylation sites is 2. The van der Waals surface area contributed by atoms with E-state index in [0.717, 1.165) is 55.9 Å². The van der Waals surface area contributed by atoms with Crippen LogP contribution in [0.15, 0.2) is 41.2 Å². The van der Waals surface area contributed by atoms with Crippen molar-refractivity contribution in [1.29, 1.82) is 0 Å². The Morgan fingerprint density at radius 1 is 0.958 bits per heavy atom. The monoisotopic (exact) mass is 690 g/mol. The molecule has 0 spiro atoms. The molecule has 0 radical (unpaired) electrons. The van der Waals surface area contributed by atoms with Gasteiger partial charge >= 0.3 is 17.9 Å². The molecule has 0 saturated carbocycles. The summed E-state index contributed by atoms with van der Waals surface area (Å²) in [6.07, 6.45) is -0.134. The second-order valence-corrected chi connectivity index (χ2v) is 13.9. The number of piperidine rings is 3. The summed E-state index contributed by atoms with van der Waals surface area (Å²) in [7, 11) is 2.12. The van der Waals surface area contributed by atoms with Crippen LogP contribution in [0.3, 0.4) is 0 Å². The molecule has 3 saturated heterocycles.